The van der Waals surface area contributed by atoms with Crippen LogP contribution in [0.4, 0.5) is 0 Å². The van der Waals surface area contributed by atoms with Gasteiger partial charge < -0.3 is 0 Å². The van der Waals surface area contributed by atoms with Gasteiger partial charge in [-0.15, -0.1) is 0 Å². The van der Waals surface area contributed by atoms with Crippen LogP contribution in [0.25, 0.3) is 0 Å². The summed E-state index contributed by atoms with van der Waals surface area (Å²) in [5, 5.41) is 4.52. The van der Waals surface area contributed by atoms with Crippen molar-refractivity contribution >= 4 is 31.9 Å². The van der Waals surface area contributed by atoms with Crippen molar-refractivity contribution in [1.29, 1.82) is 0 Å². The third-order valence-electron chi connectivity index (χ3n) is 3.03. The van der Waals surface area contributed by atoms with Gasteiger partial charge in [0.05, 0.1) is 15.9 Å². The van der Waals surface area contributed by atoms with Gasteiger partial charge in [0.1, 0.15) is 0 Å². The molecule has 98 valence electrons. The zero-order valence-electron chi connectivity index (χ0n) is 11.3. The van der Waals surface area contributed by atoms with Gasteiger partial charge in [-0.05, 0) is 48.0 Å². The molecule has 0 amide bonds. The van der Waals surface area contributed by atoms with E-state index in [-0.39, 0.29) is 0 Å². The summed E-state index contributed by atoms with van der Waals surface area (Å²) < 4.78 is 3.27. The van der Waals surface area contributed by atoms with Crippen LogP contribution in [0, 0.1) is 12.3 Å². The van der Waals surface area contributed by atoms with Crippen LogP contribution in [0.15, 0.2) is 4.47 Å². The van der Waals surface area contributed by atoms with Gasteiger partial charge in [-0.3, -0.25) is 4.68 Å². The molecule has 0 aliphatic carbocycles. The maximum Gasteiger partial charge on any atom is 0.0738 e. The standard InChI is InChI=1S/C13H22Br2N2/c1-6-17-10(12(15)9(2)16-17)7-8-11(14)13(3,4)5/h11H,6-8H2,1-5H3. The predicted molar refractivity (Wildman–Crippen MR) is 80.8 cm³/mol. The Labute approximate surface area is 121 Å². The number of nitrogens with zero attached hydrogens (tertiary/aromatic N) is 2. The molecule has 1 unspecified atom stereocenters. The highest BCUT2D eigenvalue weighted by atomic mass is 79.9. The smallest absolute Gasteiger partial charge is 0.0738 e. The molecule has 0 spiro atoms. The fourth-order valence-electron chi connectivity index (χ4n) is 1.80. The van der Waals surface area contributed by atoms with Crippen LogP contribution in [0.3, 0.4) is 0 Å². The lowest BCUT2D eigenvalue weighted by Crippen LogP contribution is -2.21. The molecule has 1 heterocycles. The molecule has 0 fully saturated rings. The lowest BCUT2D eigenvalue weighted by Gasteiger charge is -2.25. The molecule has 0 saturated heterocycles. The summed E-state index contributed by atoms with van der Waals surface area (Å²) >= 11 is 7.43. The minimum Gasteiger partial charge on any atom is -0.268 e. The van der Waals surface area contributed by atoms with Gasteiger partial charge in [0.25, 0.3) is 0 Å². The summed E-state index contributed by atoms with van der Waals surface area (Å²) in [6.07, 6.45) is 2.19. The summed E-state index contributed by atoms with van der Waals surface area (Å²) in [6, 6.07) is 0. The molecule has 17 heavy (non-hydrogen) atoms. The molecule has 0 radical (unpaired) electrons. The summed E-state index contributed by atoms with van der Waals surface area (Å²) in [5.41, 5.74) is 2.71. The minimum absolute atomic E-state index is 0.304. The monoisotopic (exact) mass is 364 g/mol. The lowest BCUT2D eigenvalue weighted by molar-refractivity contribution is 0.383. The van der Waals surface area contributed by atoms with Crippen LogP contribution < -0.4 is 0 Å². The summed E-state index contributed by atoms with van der Waals surface area (Å²) in [4.78, 5) is 0.530. The Hall–Kier alpha value is 0.170. The topological polar surface area (TPSA) is 17.8 Å². The maximum absolute atomic E-state index is 4.52. The van der Waals surface area contributed by atoms with E-state index in [1.165, 1.54) is 10.2 Å². The normalized spacial score (nSPS) is 14.1. The summed E-state index contributed by atoms with van der Waals surface area (Å²) in [6.45, 7) is 11.9. The fraction of sp³-hybridized carbons (Fsp3) is 0.769. The zero-order valence-corrected chi connectivity index (χ0v) is 14.5. The van der Waals surface area contributed by atoms with Gasteiger partial charge in [-0.25, -0.2) is 0 Å². The summed E-state index contributed by atoms with van der Waals surface area (Å²) in [5.74, 6) is 0. The van der Waals surface area contributed by atoms with Crippen LogP contribution in [0.1, 0.15) is 45.5 Å². The second kappa shape index (κ2) is 5.87. The Morgan fingerprint density at radius 2 is 1.94 bits per heavy atom. The zero-order chi connectivity index (χ0) is 13.2. The van der Waals surface area contributed by atoms with Crippen LogP contribution in [-0.2, 0) is 13.0 Å². The van der Waals surface area contributed by atoms with E-state index in [0.717, 1.165) is 25.1 Å². The van der Waals surface area contributed by atoms with Crippen molar-refractivity contribution < 1.29 is 0 Å². The Balaban J connectivity index is 2.76. The third-order valence-corrected chi connectivity index (χ3v) is 5.89. The lowest BCUT2D eigenvalue weighted by atomic mass is 9.89. The fourth-order valence-corrected chi connectivity index (χ4v) is 2.52. The van der Waals surface area contributed by atoms with E-state index in [9.17, 15) is 0 Å². The van der Waals surface area contributed by atoms with Crippen LogP contribution in [0.2, 0.25) is 0 Å². The van der Waals surface area contributed by atoms with Crippen LogP contribution in [0.5, 0.6) is 0 Å². The molecule has 1 rings (SSSR count). The number of rotatable bonds is 4. The van der Waals surface area contributed by atoms with E-state index in [1.807, 2.05) is 0 Å². The average molecular weight is 366 g/mol. The minimum atomic E-state index is 0.304. The van der Waals surface area contributed by atoms with Gasteiger partial charge in [0, 0.05) is 11.4 Å². The number of alkyl halides is 1. The highest BCUT2D eigenvalue weighted by Gasteiger charge is 2.22. The Morgan fingerprint density at radius 1 is 1.35 bits per heavy atom. The number of halogens is 2. The van der Waals surface area contributed by atoms with Gasteiger partial charge in [-0.2, -0.15) is 5.10 Å². The highest BCUT2D eigenvalue weighted by Crippen LogP contribution is 2.31. The molecule has 0 aliphatic rings. The Bertz CT molecular complexity index is 378. The van der Waals surface area contributed by atoms with Crippen molar-refractivity contribution in [2.24, 2.45) is 5.41 Å². The van der Waals surface area contributed by atoms with Crippen LogP contribution >= 0.6 is 31.9 Å². The first-order valence-electron chi connectivity index (χ1n) is 6.13. The molecule has 0 saturated carbocycles. The largest absolute Gasteiger partial charge is 0.268 e. The summed E-state index contributed by atoms with van der Waals surface area (Å²) in [7, 11) is 0. The van der Waals surface area contributed by atoms with Crippen molar-refractivity contribution in [3.05, 3.63) is 15.9 Å². The van der Waals surface area contributed by atoms with E-state index < -0.39 is 0 Å². The Kier molecular flexibility index (Phi) is 5.26. The van der Waals surface area contributed by atoms with Crippen molar-refractivity contribution in [2.75, 3.05) is 0 Å². The van der Waals surface area contributed by atoms with Crippen LogP contribution in [-0.4, -0.2) is 14.6 Å². The molecule has 0 bridgehead atoms. The Morgan fingerprint density at radius 3 is 2.41 bits per heavy atom. The molecular weight excluding hydrogens is 344 g/mol. The van der Waals surface area contributed by atoms with E-state index in [4.69, 9.17) is 0 Å². The number of aryl methyl sites for hydroxylation is 2. The molecule has 1 aromatic heterocycles. The van der Waals surface area contributed by atoms with E-state index in [0.29, 0.717) is 10.2 Å². The van der Waals surface area contributed by atoms with Crippen molar-refractivity contribution in [1.82, 2.24) is 9.78 Å². The first kappa shape index (κ1) is 15.2. The molecule has 4 heteroatoms. The van der Waals surface area contributed by atoms with Gasteiger partial charge in [-0.1, -0.05) is 36.7 Å². The maximum atomic E-state index is 4.52. The molecule has 0 aliphatic heterocycles. The van der Waals surface area contributed by atoms with Crippen molar-refractivity contribution in [3.8, 4) is 0 Å². The second-order valence-electron chi connectivity index (χ2n) is 5.53. The van der Waals surface area contributed by atoms with Crippen molar-refractivity contribution in [2.45, 2.75) is 58.8 Å². The van der Waals surface area contributed by atoms with E-state index in [1.54, 1.807) is 0 Å². The van der Waals surface area contributed by atoms with E-state index >= 15 is 0 Å². The molecular formula is C13H22Br2N2. The molecule has 0 N–H and O–H groups in total. The van der Waals surface area contributed by atoms with Gasteiger partial charge in [0.2, 0.25) is 0 Å². The molecule has 0 aromatic carbocycles. The second-order valence-corrected chi connectivity index (χ2v) is 7.43. The number of hydrogen-bond acceptors (Lipinski definition) is 1. The van der Waals surface area contributed by atoms with Gasteiger partial charge >= 0.3 is 0 Å². The highest BCUT2D eigenvalue weighted by molar-refractivity contribution is 9.10. The SMILES string of the molecule is CCn1nc(C)c(Br)c1CCC(Br)C(C)(C)C. The molecule has 1 aromatic rings. The quantitative estimate of drug-likeness (QED) is 0.706. The number of aromatic nitrogens is 2. The third kappa shape index (κ3) is 3.82. The molecule has 2 nitrogen and oxygen atoms in total. The van der Waals surface area contributed by atoms with Gasteiger partial charge in [0.15, 0.2) is 0 Å². The predicted octanol–water partition coefficient (Wildman–Crippen LogP) is 4.72. The average Bonchev–Trinajstić information content (AvgIpc) is 2.50. The van der Waals surface area contributed by atoms with Crippen molar-refractivity contribution in [3.63, 3.8) is 0 Å². The van der Waals surface area contributed by atoms with E-state index in [2.05, 4.69) is 76.3 Å². The first-order chi connectivity index (χ1) is 7.77. The first-order valence-corrected chi connectivity index (χ1v) is 7.84. The number of hydrogen-bond donors (Lipinski definition) is 0. The molecule has 1 atom stereocenters.